The number of carbonyl (C=O) groups excluding carboxylic acids is 2. The second-order valence-electron chi connectivity index (χ2n) is 9.44. The first kappa shape index (κ1) is 21.8. The van der Waals surface area contributed by atoms with Crippen LogP contribution in [0.5, 0.6) is 5.75 Å². The number of rotatable bonds is 6. The van der Waals surface area contributed by atoms with Crippen LogP contribution in [0.3, 0.4) is 0 Å². The minimum Gasteiger partial charge on any atom is -0.489 e. The van der Waals surface area contributed by atoms with Crippen molar-refractivity contribution in [1.29, 1.82) is 0 Å². The Morgan fingerprint density at radius 3 is 2.77 bits per heavy atom. The summed E-state index contributed by atoms with van der Waals surface area (Å²) in [6.07, 6.45) is 6.65. The molecular formula is C24H34N3O4+. The van der Waals surface area contributed by atoms with E-state index in [9.17, 15) is 14.7 Å². The van der Waals surface area contributed by atoms with Crippen LogP contribution in [0.15, 0.2) is 18.2 Å². The lowest BCUT2D eigenvalue weighted by molar-refractivity contribution is -0.394. The standard InChI is InChI=1S/C24H33N3O4/c1-15(2)13-25-19-6-4-3-5-7-21(19)31-17-8-9-18-16(12-17)14-27(24(18)30)20-10-11-22(28)26-23(20)29/h8-9,12,15,19-21,25H,3-7,10-11,13-14H2,1-2H3,(H,26,28,29)/p+1/t19-,20?,21-/m1/s1. The molecule has 1 saturated carbocycles. The van der Waals surface area contributed by atoms with Gasteiger partial charge in [-0.15, -0.1) is 4.99 Å². The van der Waals surface area contributed by atoms with Gasteiger partial charge in [-0.1, -0.05) is 26.7 Å². The molecule has 1 aliphatic carbocycles. The van der Waals surface area contributed by atoms with Crippen molar-refractivity contribution in [2.45, 2.75) is 83.5 Å². The van der Waals surface area contributed by atoms with Gasteiger partial charge in [0, 0.05) is 18.2 Å². The predicted octanol–water partition coefficient (Wildman–Crippen LogP) is 1.69. The van der Waals surface area contributed by atoms with Gasteiger partial charge < -0.3 is 20.1 Å². The fourth-order valence-corrected chi connectivity index (χ4v) is 4.85. The monoisotopic (exact) mass is 428 g/mol. The molecular weight excluding hydrogens is 394 g/mol. The number of ether oxygens (including phenoxy) is 1. The van der Waals surface area contributed by atoms with Crippen LogP contribution in [0.4, 0.5) is 0 Å². The van der Waals surface area contributed by atoms with Crippen molar-refractivity contribution in [2.75, 3.05) is 6.54 Å². The van der Waals surface area contributed by atoms with Crippen molar-refractivity contribution in [3.8, 4) is 5.75 Å². The van der Waals surface area contributed by atoms with E-state index in [2.05, 4.69) is 24.2 Å². The minimum absolute atomic E-state index is 0.111. The van der Waals surface area contributed by atoms with Gasteiger partial charge in [0.2, 0.25) is 0 Å². The summed E-state index contributed by atoms with van der Waals surface area (Å²) in [5, 5.41) is 13.9. The quantitative estimate of drug-likeness (QED) is 0.600. The van der Waals surface area contributed by atoms with Gasteiger partial charge >= 0.3 is 11.8 Å². The summed E-state index contributed by atoms with van der Waals surface area (Å²) in [4.78, 5) is 28.5. The van der Waals surface area contributed by atoms with Crippen LogP contribution in [0.25, 0.3) is 0 Å². The molecule has 0 spiro atoms. The average molecular weight is 429 g/mol. The molecule has 7 heteroatoms. The molecule has 2 aliphatic heterocycles. The molecule has 3 N–H and O–H groups in total. The fourth-order valence-electron chi connectivity index (χ4n) is 4.85. The van der Waals surface area contributed by atoms with Crippen molar-refractivity contribution in [3.63, 3.8) is 0 Å². The van der Waals surface area contributed by atoms with Gasteiger partial charge in [-0.05, 0) is 61.9 Å². The number of amides is 2. The molecule has 1 fully saturated rings. The lowest BCUT2D eigenvalue weighted by Gasteiger charge is -2.28. The highest BCUT2D eigenvalue weighted by Gasteiger charge is 2.41. The molecule has 31 heavy (non-hydrogen) atoms. The molecule has 1 aromatic carbocycles. The van der Waals surface area contributed by atoms with E-state index in [-0.39, 0.29) is 23.8 Å². The molecule has 3 aliphatic rings. The topological polar surface area (TPSA) is 92.8 Å². The summed E-state index contributed by atoms with van der Waals surface area (Å²) in [5.41, 5.74) is 1.56. The number of hydrogen-bond donors (Lipinski definition) is 3. The van der Waals surface area contributed by atoms with E-state index in [4.69, 9.17) is 4.74 Å². The molecule has 2 amide bonds. The first-order valence-electron chi connectivity index (χ1n) is 11.6. The van der Waals surface area contributed by atoms with Crippen LogP contribution in [-0.4, -0.2) is 52.5 Å². The van der Waals surface area contributed by atoms with Gasteiger partial charge in [0.15, 0.2) is 6.04 Å². The number of hydrogen-bond acceptors (Lipinski definition) is 4. The first-order valence-corrected chi connectivity index (χ1v) is 11.6. The van der Waals surface area contributed by atoms with Crippen LogP contribution in [0, 0.1) is 5.92 Å². The van der Waals surface area contributed by atoms with Crippen LogP contribution in [0.2, 0.25) is 0 Å². The molecule has 0 aromatic heterocycles. The maximum Gasteiger partial charge on any atom is 0.388 e. The Labute approximate surface area is 183 Å². The Morgan fingerprint density at radius 1 is 1.19 bits per heavy atom. The number of benzene rings is 1. The molecule has 0 bridgehead atoms. The summed E-state index contributed by atoms with van der Waals surface area (Å²) in [6.45, 7) is 5.83. The fraction of sp³-hybridized carbons (Fsp3) is 0.625. The Hall–Kier alpha value is -2.41. The van der Waals surface area contributed by atoms with Gasteiger partial charge in [-0.2, -0.15) is 0 Å². The SMILES string of the molecule is CC(C)CN[C@@H]1CCCCC[C@H]1Oc1ccc2c(c1)CN(C1CCC(=O)[NH+]=C1O)C2=O. The van der Waals surface area contributed by atoms with Crippen molar-refractivity contribution in [2.24, 2.45) is 5.92 Å². The second-order valence-corrected chi connectivity index (χ2v) is 9.44. The Balaban J connectivity index is 1.47. The Bertz CT molecular complexity index is 866. The molecule has 1 unspecified atom stereocenters. The molecule has 1 aromatic rings. The first-order chi connectivity index (χ1) is 14.9. The molecule has 7 nitrogen and oxygen atoms in total. The molecule has 2 heterocycles. The Morgan fingerprint density at radius 2 is 2.00 bits per heavy atom. The molecule has 168 valence electrons. The van der Waals surface area contributed by atoms with Crippen molar-refractivity contribution < 1.29 is 24.4 Å². The zero-order chi connectivity index (χ0) is 22.0. The maximum absolute atomic E-state index is 12.9. The van der Waals surface area contributed by atoms with E-state index in [0.29, 0.717) is 36.9 Å². The third-order valence-corrected chi connectivity index (χ3v) is 6.54. The normalized spacial score (nSPS) is 26.6. The van der Waals surface area contributed by atoms with E-state index < -0.39 is 6.04 Å². The van der Waals surface area contributed by atoms with Gasteiger partial charge in [0.05, 0.1) is 6.42 Å². The van der Waals surface area contributed by atoms with Crippen LogP contribution in [0.1, 0.15) is 74.7 Å². The third kappa shape index (κ3) is 4.92. The van der Waals surface area contributed by atoms with E-state index >= 15 is 0 Å². The van der Waals surface area contributed by atoms with Crippen molar-refractivity contribution >= 4 is 17.7 Å². The number of nitrogens with one attached hydrogen (secondary N) is 2. The van der Waals surface area contributed by atoms with Crippen molar-refractivity contribution in [3.05, 3.63) is 29.3 Å². The van der Waals surface area contributed by atoms with E-state index in [1.165, 1.54) is 19.3 Å². The van der Waals surface area contributed by atoms with Gasteiger partial charge in [0.25, 0.3) is 5.91 Å². The van der Waals surface area contributed by atoms with Crippen molar-refractivity contribution in [1.82, 2.24) is 10.2 Å². The number of fused-ring (bicyclic) bond motifs is 1. The number of nitrogens with zero attached hydrogens (tertiary/aromatic N) is 1. The molecule has 0 radical (unpaired) electrons. The highest BCUT2D eigenvalue weighted by atomic mass is 16.5. The van der Waals surface area contributed by atoms with E-state index in [1.807, 2.05) is 18.2 Å². The zero-order valence-electron chi connectivity index (χ0n) is 18.5. The minimum atomic E-state index is -0.478. The van der Waals surface area contributed by atoms with Gasteiger partial charge in [0.1, 0.15) is 11.9 Å². The van der Waals surface area contributed by atoms with Gasteiger partial charge in [-0.25, -0.2) is 4.79 Å². The summed E-state index contributed by atoms with van der Waals surface area (Å²) in [6, 6.07) is 5.55. The van der Waals surface area contributed by atoms with E-state index in [0.717, 1.165) is 30.7 Å². The third-order valence-electron chi connectivity index (χ3n) is 6.54. The van der Waals surface area contributed by atoms with E-state index in [1.54, 1.807) is 4.90 Å². The van der Waals surface area contributed by atoms with Crippen LogP contribution >= 0.6 is 0 Å². The molecule has 4 rings (SSSR count). The van der Waals surface area contributed by atoms with Crippen LogP contribution < -0.4 is 15.0 Å². The molecule has 3 atom stereocenters. The zero-order valence-corrected chi connectivity index (χ0v) is 18.5. The second kappa shape index (κ2) is 9.39. The molecule has 0 saturated heterocycles. The van der Waals surface area contributed by atoms with Crippen LogP contribution in [-0.2, 0) is 11.3 Å². The summed E-state index contributed by atoms with van der Waals surface area (Å²) in [5.74, 6) is 0.935. The summed E-state index contributed by atoms with van der Waals surface area (Å²) in [7, 11) is 0. The van der Waals surface area contributed by atoms with Gasteiger partial charge in [-0.3, -0.25) is 4.79 Å². The highest BCUT2D eigenvalue weighted by Crippen LogP contribution is 2.31. The highest BCUT2D eigenvalue weighted by molar-refractivity contribution is 6.01. The maximum atomic E-state index is 12.9. The summed E-state index contributed by atoms with van der Waals surface area (Å²) >= 11 is 0. The smallest absolute Gasteiger partial charge is 0.388 e. The largest absolute Gasteiger partial charge is 0.489 e. The average Bonchev–Trinajstić information content (AvgIpc) is 2.89. The summed E-state index contributed by atoms with van der Waals surface area (Å²) < 4.78 is 6.45. The number of aliphatic hydroxyl groups is 1. The lowest BCUT2D eigenvalue weighted by Crippen LogP contribution is -2.82. The predicted molar refractivity (Wildman–Crippen MR) is 117 cm³/mol. The number of carbonyl (C=O) groups is 2. The lowest BCUT2D eigenvalue weighted by atomic mass is 10.0. The Kier molecular flexibility index (Phi) is 6.60. The number of aliphatic hydroxyl groups excluding tert-OH is 1.